The molecule has 0 aliphatic carbocycles. The van der Waals surface area contributed by atoms with E-state index in [1.165, 1.54) is 30.3 Å². The first-order chi connectivity index (χ1) is 21.1. The van der Waals surface area contributed by atoms with Crippen LogP contribution >= 0.6 is 0 Å². The number of benzene rings is 3. The van der Waals surface area contributed by atoms with E-state index in [9.17, 15) is 23.9 Å². The molecular formula is C35H41FN4O5. The number of carbonyl (C=O) groups is 3. The lowest BCUT2D eigenvalue weighted by Crippen LogP contribution is -2.38. The summed E-state index contributed by atoms with van der Waals surface area (Å²) in [5, 5.41) is 18.8. The molecular weight excluding hydrogens is 575 g/mol. The number of β-amino-alcohol motifs (C(OH)–C–C–N with tert-alkyl or cyclic N) is 1. The largest absolute Gasteiger partial charge is 0.444 e. The number of aliphatic hydroxyl groups is 1. The molecule has 0 radical (unpaired) electrons. The number of hydrogen-bond donors (Lipinski definition) is 4. The van der Waals surface area contributed by atoms with Crippen LogP contribution in [0.5, 0.6) is 0 Å². The average Bonchev–Trinajstić information content (AvgIpc) is 3.36. The Morgan fingerprint density at radius 2 is 1.51 bits per heavy atom. The second kappa shape index (κ2) is 14.0. The van der Waals surface area contributed by atoms with Gasteiger partial charge >= 0.3 is 6.09 Å². The van der Waals surface area contributed by atoms with Crippen LogP contribution in [0.1, 0.15) is 51.7 Å². The summed E-state index contributed by atoms with van der Waals surface area (Å²) in [4.78, 5) is 40.4. The second-order valence-electron chi connectivity index (χ2n) is 12.9. The van der Waals surface area contributed by atoms with E-state index in [0.29, 0.717) is 36.7 Å². The van der Waals surface area contributed by atoms with Crippen LogP contribution in [0, 0.1) is 11.7 Å². The molecule has 3 amide bonds. The standard InChI is InChI=1S/C35H41FN4O5/c1-34(2,3)45-33(43)39-30-9-7-6-8-29(30)38-31(41)19-12-23-10-13-24(14-11-23)27-20-40(22-35(4,5)44)21-28(27)32(42)37-26-17-15-25(36)16-18-26/h6-19,27-28,44H,20-22H2,1-5H3,(H,37,42)(H,38,41)(H,39,43). The summed E-state index contributed by atoms with van der Waals surface area (Å²) >= 11 is 0. The van der Waals surface area contributed by atoms with Crippen molar-refractivity contribution >= 4 is 41.0 Å². The van der Waals surface area contributed by atoms with Gasteiger partial charge in [-0.15, -0.1) is 0 Å². The predicted octanol–water partition coefficient (Wildman–Crippen LogP) is 6.25. The van der Waals surface area contributed by atoms with Gasteiger partial charge in [0, 0.05) is 37.3 Å². The molecule has 45 heavy (non-hydrogen) atoms. The lowest BCUT2D eigenvalue weighted by atomic mass is 9.88. The maximum absolute atomic E-state index is 13.4. The van der Waals surface area contributed by atoms with E-state index in [1.54, 1.807) is 65.0 Å². The first-order valence-corrected chi connectivity index (χ1v) is 14.8. The molecule has 3 aromatic carbocycles. The highest BCUT2D eigenvalue weighted by Gasteiger charge is 2.39. The zero-order valence-corrected chi connectivity index (χ0v) is 26.3. The molecule has 1 heterocycles. The number of halogens is 1. The minimum absolute atomic E-state index is 0.136. The molecule has 2 unspecified atom stereocenters. The molecule has 0 aromatic heterocycles. The van der Waals surface area contributed by atoms with Crippen LogP contribution < -0.4 is 16.0 Å². The molecule has 238 valence electrons. The van der Waals surface area contributed by atoms with Crippen LogP contribution in [-0.4, -0.2) is 58.8 Å². The van der Waals surface area contributed by atoms with Crippen molar-refractivity contribution in [2.45, 2.75) is 51.7 Å². The van der Waals surface area contributed by atoms with Crippen molar-refractivity contribution in [2.75, 3.05) is 35.6 Å². The van der Waals surface area contributed by atoms with Gasteiger partial charge in [0.25, 0.3) is 0 Å². The molecule has 0 spiro atoms. The summed E-state index contributed by atoms with van der Waals surface area (Å²) < 4.78 is 18.7. The molecule has 10 heteroatoms. The molecule has 1 fully saturated rings. The van der Waals surface area contributed by atoms with Crippen molar-refractivity contribution in [3.05, 3.63) is 95.8 Å². The van der Waals surface area contributed by atoms with Gasteiger partial charge in [0.2, 0.25) is 11.8 Å². The Kier molecular flexibility index (Phi) is 10.4. The number of anilines is 3. The van der Waals surface area contributed by atoms with Crippen molar-refractivity contribution in [1.29, 1.82) is 0 Å². The molecule has 1 aliphatic heterocycles. The average molecular weight is 617 g/mol. The van der Waals surface area contributed by atoms with Crippen LogP contribution in [-0.2, 0) is 14.3 Å². The van der Waals surface area contributed by atoms with Gasteiger partial charge in [0.05, 0.1) is 22.9 Å². The Hall–Kier alpha value is -4.54. The SMILES string of the molecule is CC(C)(O)CN1CC(C(=O)Nc2ccc(F)cc2)C(c2ccc(C=CC(=O)Nc3ccccc3NC(=O)OC(C)(C)C)cc2)C1. The predicted molar refractivity (Wildman–Crippen MR) is 174 cm³/mol. The molecule has 0 bridgehead atoms. The summed E-state index contributed by atoms with van der Waals surface area (Å²) in [6.07, 6.45) is 2.45. The fraction of sp³-hybridized carbons (Fsp3) is 0.343. The van der Waals surface area contributed by atoms with Crippen molar-refractivity contribution < 1.29 is 28.6 Å². The summed E-state index contributed by atoms with van der Waals surface area (Å²) in [6.45, 7) is 10.2. The van der Waals surface area contributed by atoms with E-state index in [1.807, 2.05) is 24.3 Å². The number of nitrogens with one attached hydrogen (secondary N) is 3. The van der Waals surface area contributed by atoms with Gasteiger partial charge in [-0.2, -0.15) is 0 Å². The third-order valence-electron chi connectivity index (χ3n) is 7.07. The number of amides is 3. The highest BCUT2D eigenvalue weighted by Crippen LogP contribution is 2.35. The molecule has 4 rings (SSSR count). The normalized spacial score (nSPS) is 17.2. The Morgan fingerprint density at radius 3 is 2.11 bits per heavy atom. The number of para-hydroxylation sites is 2. The summed E-state index contributed by atoms with van der Waals surface area (Å²) in [6, 6.07) is 20.1. The Balaban J connectivity index is 1.43. The van der Waals surface area contributed by atoms with Crippen molar-refractivity contribution in [2.24, 2.45) is 5.92 Å². The maximum atomic E-state index is 13.4. The quantitative estimate of drug-likeness (QED) is 0.211. The zero-order valence-electron chi connectivity index (χ0n) is 26.3. The zero-order chi connectivity index (χ0) is 32.8. The van der Waals surface area contributed by atoms with Gasteiger partial charge in [0.15, 0.2) is 0 Å². The van der Waals surface area contributed by atoms with Crippen molar-refractivity contribution in [3.8, 4) is 0 Å². The molecule has 1 saturated heterocycles. The topological polar surface area (TPSA) is 120 Å². The molecule has 2 atom stereocenters. The Morgan fingerprint density at radius 1 is 0.889 bits per heavy atom. The van der Waals surface area contributed by atoms with Crippen LogP contribution in [0.2, 0.25) is 0 Å². The van der Waals surface area contributed by atoms with Gasteiger partial charge in [0.1, 0.15) is 11.4 Å². The summed E-state index contributed by atoms with van der Waals surface area (Å²) in [5.41, 5.74) is 1.51. The number of carbonyl (C=O) groups excluding carboxylic acids is 3. The lowest BCUT2D eigenvalue weighted by Gasteiger charge is -2.25. The second-order valence-corrected chi connectivity index (χ2v) is 12.9. The minimum atomic E-state index is -0.922. The van der Waals surface area contributed by atoms with Crippen LogP contribution in [0.25, 0.3) is 6.08 Å². The smallest absolute Gasteiger partial charge is 0.412 e. The lowest BCUT2D eigenvalue weighted by molar-refractivity contribution is -0.120. The van der Waals surface area contributed by atoms with Gasteiger partial charge in [-0.3, -0.25) is 19.8 Å². The van der Waals surface area contributed by atoms with Gasteiger partial charge in [-0.05, 0) is 88.2 Å². The van der Waals surface area contributed by atoms with E-state index in [0.717, 1.165) is 11.1 Å². The van der Waals surface area contributed by atoms with E-state index in [4.69, 9.17) is 4.74 Å². The van der Waals surface area contributed by atoms with Crippen LogP contribution in [0.15, 0.2) is 78.9 Å². The van der Waals surface area contributed by atoms with Crippen molar-refractivity contribution in [1.82, 2.24) is 4.90 Å². The van der Waals surface area contributed by atoms with E-state index < -0.39 is 17.3 Å². The Labute approximate surface area is 263 Å². The number of likely N-dealkylation sites (tertiary alicyclic amines) is 1. The number of rotatable bonds is 9. The van der Waals surface area contributed by atoms with E-state index >= 15 is 0 Å². The monoisotopic (exact) mass is 616 g/mol. The third-order valence-corrected chi connectivity index (χ3v) is 7.07. The van der Waals surface area contributed by atoms with E-state index in [-0.39, 0.29) is 29.5 Å². The minimum Gasteiger partial charge on any atom is -0.444 e. The van der Waals surface area contributed by atoms with Gasteiger partial charge < -0.3 is 20.5 Å². The molecule has 9 nitrogen and oxygen atoms in total. The fourth-order valence-corrected chi connectivity index (χ4v) is 5.25. The number of nitrogens with zero attached hydrogens (tertiary/aromatic N) is 1. The first kappa shape index (κ1) is 33.4. The highest BCUT2D eigenvalue weighted by molar-refractivity contribution is 6.05. The first-order valence-electron chi connectivity index (χ1n) is 14.8. The molecule has 0 saturated carbocycles. The van der Waals surface area contributed by atoms with Crippen molar-refractivity contribution in [3.63, 3.8) is 0 Å². The highest BCUT2D eigenvalue weighted by atomic mass is 19.1. The molecule has 1 aliphatic rings. The third kappa shape index (κ3) is 10.3. The number of hydrogen-bond acceptors (Lipinski definition) is 6. The summed E-state index contributed by atoms with van der Waals surface area (Å²) in [5.74, 6) is -1.46. The fourth-order valence-electron chi connectivity index (χ4n) is 5.25. The molecule has 3 aromatic rings. The van der Waals surface area contributed by atoms with E-state index in [2.05, 4.69) is 20.9 Å². The van der Waals surface area contributed by atoms with Crippen LogP contribution in [0.4, 0.5) is 26.2 Å². The number of ether oxygens (including phenoxy) is 1. The Bertz CT molecular complexity index is 1530. The summed E-state index contributed by atoms with van der Waals surface area (Å²) in [7, 11) is 0. The van der Waals surface area contributed by atoms with Gasteiger partial charge in [-0.25, -0.2) is 9.18 Å². The van der Waals surface area contributed by atoms with Gasteiger partial charge in [-0.1, -0.05) is 36.4 Å². The molecule has 4 N–H and O–H groups in total. The maximum Gasteiger partial charge on any atom is 0.412 e. The van der Waals surface area contributed by atoms with Crippen LogP contribution in [0.3, 0.4) is 0 Å².